The van der Waals surface area contributed by atoms with Gasteiger partial charge in [-0.1, -0.05) is 12.1 Å². The number of methoxy groups -OCH3 is 1. The number of ketones is 1. The van der Waals surface area contributed by atoms with E-state index in [1.807, 2.05) is 12.1 Å². The molecule has 33 heavy (non-hydrogen) atoms. The predicted octanol–water partition coefficient (Wildman–Crippen LogP) is 4.15. The number of hydrogen-bond acceptors (Lipinski definition) is 6. The number of nitrogens with zero attached hydrogens (tertiary/aromatic N) is 1. The number of rotatable bonds is 5. The van der Waals surface area contributed by atoms with Gasteiger partial charge in [-0.2, -0.15) is 0 Å². The molecule has 2 aliphatic heterocycles. The number of furan rings is 1. The molecule has 1 saturated heterocycles. The minimum atomic E-state index is -0.842. The summed E-state index contributed by atoms with van der Waals surface area (Å²) in [6.45, 7) is 2.55. The molecule has 3 aromatic rings. The van der Waals surface area contributed by atoms with Crippen LogP contribution in [0, 0.1) is 6.92 Å². The molecule has 0 radical (unpaired) electrons. The topological polar surface area (TPSA) is 89.2 Å². The monoisotopic (exact) mass is 445 g/mol. The van der Waals surface area contributed by atoms with Crippen LogP contribution in [0.5, 0.6) is 11.5 Å². The lowest BCUT2D eigenvalue weighted by atomic mass is 9.98. The molecular weight excluding hydrogens is 422 g/mol. The molecule has 7 nitrogen and oxygen atoms in total. The summed E-state index contributed by atoms with van der Waals surface area (Å²) >= 11 is 0. The van der Waals surface area contributed by atoms with Crippen LogP contribution in [-0.2, 0) is 22.6 Å². The average molecular weight is 445 g/mol. The molecule has 0 spiro atoms. The van der Waals surface area contributed by atoms with E-state index in [2.05, 4.69) is 0 Å². The highest BCUT2D eigenvalue weighted by molar-refractivity contribution is 6.46. The molecule has 1 aromatic heterocycles. The number of hydrogen-bond donors (Lipinski definition) is 1. The zero-order chi connectivity index (χ0) is 23.1. The number of Topliss-reactive ketones (excluding diaryl/α,β-unsaturated/α-hetero) is 1. The van der Waals surface area contributed by atoms with Gasteiger partial charge in [0, 0.05) is 18.5 Å². The largest absolute Gasteiger partial charge is 0.507 e. The van der Waals surface area contributed by atoms with Crippen LogP contribution in [0.4, 0.5) is 0 Å². The lowest BCUT2D eigenvalue weighted by Crippen LogP contribution is -2.29. The molecule has 1 N–H and O–H groups in total. The average Bonchev–Trinajstić information content (AvgIpc) is 3.53. The molecule has 1 atom stereocenters. The molecule has 168 valence electrons. The van der Waals surface area contributed by atoms with Gasteiger partial charge in [0.15, 0.2) is 0 Å². The highest BCUT2D eigenvalue weighted by Gasteiger charge is 2.47. The van der Waals surface area contributed by atoms with Gasteiger partial charge >= 0.3 is 0 Å². The van der Waals surface area contributed by atoms with E-state index in [4.69, 9.17) is 13.9 Å². The number of aliphatic hydroxyl groups is 1. The number of amides is 1. The lowest BCUT2D eigenvalue weighted by molar-refractivity contribution is -0.140. The molecule has 2 aliphatic rings. The molecule has 0 saturated carbocycles. The maximum Gasteiger partial charge on any atom is 0.296 e. The van der Waals surface area contributed by atoms with E-state index in [-0.39, 0.29) is 17.9 Å². The normalized spacial score (nSPS) is 19.0. The third-order valence-corrected chi connectivity index (χ3v) is 6.05. The van der Waals surface area contributed by atoms with Crippen LogP contribution in [0.2, 0.25) is 0 Å². The van der Waals surface area contributed by atoms with Crippen LogP contribution in [0.3, 0.4) is 0 Å². The Morgan fingerprint density at radius 3 is 2.61 bits per heavy atom. The fourth-order valence-corrected chi connectivity index (χ4v) is 4.36. The van der Waals surface area contributed by atoms with Crippen molar-refractivity contribution in [3.63, 3.8) is 0 Å². The van der Waals surface area contributed by atoms with Crippen LogP contribution in [0.15, 0.2) is 64.6 Å². The maximum absolute atomic E-state index is 13.1. The van der Waals surface area contributed by atoms with Crippen molar-refractivity contribution in [2.24, 2.45) is 0 Å². The molecule has 1 amide bonds. The standard InChI is InChI=1S/C26H23NO6/c1-15-3-9-21(33-15)23-22(24(28)18-6-10-20-17(13-18)11-12-32-20)25(29)26(30)27(23)14-16-4-7-19(31-2)8-5-16/h3-10,13,23,28H,11-12,14H2,1-2H3/b24-22-. The number of benzene rings is 2. The second-order valence-electron chi connectivity index (χ2n) is 8.14. The van der Waals surface area contributed by atoms with Crippen molar-refractivity contribution in [3.8, 4) is 11.5 Å². The Morgan fingerprint density at radius 2 is 1.91 bits per heavy atom. The number of likely N-dealkylation sites (tertiary alicyclic amines) is 1. The van der Waals surface area contributed by atoms with Gasteiger partial charge in [0.2, 0.25) is 0 Å². The minimum absolute atomic E-state index is 0.0155. The fourth-order valence-electron chi connectivity index (χ4n) is 4.36. The van der Waals surface area contributed by atoms with Crippen LogP contribution < -0.4 is 9.47 Å². The third-order valence-electron chi connectivity index (χ3n) is 6.05. The summed E-state index contributed by atoms with van der Waals surface area (Å²) in [6.07, 6.45) is 0.725. The van der Waals surface area contributed by atoms with Crippen molar-refractivity contribution >= 4 is 17.4 Å². The second kappa shape index (κ2) is 8.16. The van der Waals surface area contributed by atoms with E-state index >= 15 is 0 Å². The van der Waals surface area contributed by atoms with Crippen molar-refractivity contribution in [1.29, 1.82) is 0 Å². The summed E-state index contributed by atoms with van der Waals surface area (Å²) in [7, 11) is 1.58. The van der Waals surface area contributed by atoms with Crippen LogP contribution >= 0.6 is 0 Å². The molecule has 7 heteroatoms. The van der Waals surface area contributed by atoms with Crippen LogP contribution in [0.1, 0.15) is 34.3 Å². The van der Waals surface area contributed by atoms with Crippen molar-refractivity contribution < 1.29 is 28.6 Å². The van der Waals surface area contributed by atoms with Crippen molar-refractivity contribution in [2.75, 3.05) is 13.7 Å². The number of aryl methyl sites for hydroxylation is 1. The molecule has 2 aromatic carbocycles. The van der Waals surface area contributed by atoms with E-state index in [1.54, 1.807) is 56.5 Å². The van der Waals surface area contributed by atoms with Gasteiger partial charge in [-0.3, -0.25) is 9.59 Å². The Labute approximate surface area is 190 Å². The minimum Gasteiger partial charge on any atom is -0.507 e. The zero-order valence-corrected chi connectivity index (χ0v) is 18.3. The summed E-state index contributed by atoms with van der Waals surface area (Å²) < 4.78 is 16.6. The molecule has 3 heterocycles. The van der Waals surface area contributed by atoms with Gasteiger partial charge < -0.3 is 23.9 Å². The number of aliphatic hydroxyl groups excluding tert-OH is 1. The Kier molecular flexibility index (Phi) is 5.17. The van der Waals surface area contributed by atoms with Crippen LogP contribution in [0.25, 0.3) is 5.76 Å². The maximum atomic E-state index is 13.1. The van der Waals surface area contributed by atoms with E-state index in [0.29, 0.717) is 29.4 Å². The highest BCUT2D eigenvalue weighted by atomic mass is 16.5. The van der Waals surface area contributed by atoms with E-state index in [9.17, 15) is 14.7 Å². The Balaban J connectivity index is 1.59. The number of carbonyl (C=O) groups excluding carboxylic acids is 2. The van der Waals surface area contributed by atoms with Gasteiger partial charge in [-0.25, -0.2) is 0 Å². The number of carbonyl (C=O) groups is 2. The summed E-state index contributed by atoms with van der Waals surface area (Å²) in [5.74, 6) is 0.886. The van der Waals surface area contributed by atoms with Crippen molar-refractivity contribution in [2.45, 2.75) is 25.9 Å². The first kappa shape index (κ1) is 20.9. The molecule has 1 fully saturated rings. The number of ether oxygens (including phenoxy) is 2. The quantitative estimate of drug-likeness (QED) is 0.361. The second-order valence-corrected chi connectivity index (χ2v) is 8.14. The fraction of sp³-hybridized carbons (Fsp3) is 0.231. The predicted molar refractivity (Wildman–Crippen MR) is 120 cm³/mol. The Bertz CT molecular complexity index is 1270. The summed E-state index contributed by atoms with van der Waals surface area (Å²) in [4.78, 5) is 27.7. The summed E-state index contributed by atoms with van der Waals surface area (Å²) in [5.41, 5.74) is 2.26. The SMILES string of the molecule is COc1ccc(CN2C(=O)C(=O)/C(=C(\O)c3ccc4c(c3)CCO4)C2c2ccc(C)o2)cc1. The molecule has 0 bridgehead atoms. The third kappa shape index (κ3) is 3.65. The van der Waals surface area contributed by atoms with Gasteiger partial charge in [0.1, 0.15) is 34.8 Å². The van der Waals surface area contributed by atoms with Crippen molar-refractivity contribution in [3.05, 3.63) is 88.4 Å². The van der Waals surface area contributed by atoms with Gasteiger partial charge in [0.25, 0.3) is 11.7 Å². The van der Waals surface area contributed by atoms with Crippen molar-refractivity contribution in [1.82, 2.24) is 4.90 Å². The first-order valence-electron chi connectivity index (χ1n) is 10.7. The van der Waals surface area contributed by atoms with E-state index in [0.717, 1.165) is 23.3 Å². The Hall–Kier alpha value is -4.00. The first-order valence-corrected chi connectivity index (χ1v) is 10.7. The molecular formula is C26H23NO6. The summed E-state index contributed by atoms with van der Waals surface area (Å²) in [5, 5.41) is 11.2. The Morgan fingerprint density at radius 1 is 1.12 bits per heavy atom. The highest BCUT2D eigenvalue weighted by Crippen LogP contribution is 2.41. The van der Waals surface area contributed by atoms with Gasteiger partial charge in [-0.05, 0) is 60.5 Å². The number of fused-ring (bicyclic) bond motifs is 1. The summed E-state index contributed by atoms with van der Waals surface area (Å²) in [6, 6.07) is 15.2. The smallest absolute Gasteiger partial charge is 0.296 e. The zero-order valence-electron chi connectivity index (χ0n) is 18.3. The molecule has 0 aliphatic carbocycles. The van der Waals surface area contributed by atoms with Gasteiger partial charge in [0.05, 0.1) is 19.3 Å². The van der Waals surface area contributed by atoms with E-state index in [1.165, 1.54) is 4.90 Å². The van der Waals surface area contributed by atoms with Crippen LogP contribution in [-0.4, -0.2) is 35.4 Å². The first-order chi connectivity index (χ1) is 16.0. The van der Waals surface area contributed by atoms with E-state index < -0.39 is 17.7 Å². The molecule has 5 rings (SSSR count). The van der Waals surface area contributed by atoms with Gasteiger partial charge in [-0.15, -0.1) is 0 Å². The molecule has 1 unspecified atom stereocenters. The lowest BCUT2D eigenvalue weighted by Gasteiger charge is -2.23.